The van der Waals surface area contributed by atoms with Gasteiger partial charge in [0.2, 0.25) is 5.96 Å². The Balaban J connectivity index is 2.44. The minimum atomic E-state index is -0.454. The zero-order valence-corrected chi connectivity index (χ0v) is 13.4. The highest BCUT2D eigenvalue weighted by molar-refractivity contribution is 9.10. The molecular weight excluding hydrogens is 336 g/mol. The number of nitrogens with zero attached hydrogens (tertiary/aromatic N) is 1. The number of aliphatic imine (C=N–C) groups is 1. The van der Waals surface area contributed by atoms with Crippen molar-refractivity contribution >= 4 is 27.9 Å². The number of nitrogens with two attached hydrogens (primary N) is 1. The van der Waals surface area contributed by atoms with E-state index in [9.17, 15) is 4.79 Å². The van der Waals surface area contributed by atoms with Crippen LogP contribution in [0.3, 0.4) is 0 Å². The number of hydrazine groups is 1. The second-order valence-electron chi connectivity index (χ2n) is 4.46. The van der Waals surface area contributed by atoms with E-state index in [2.05, 4.69) is 31.7 Å². The highest BCUT2D eigenvalue weighted by Crippen LogP contribution is 2.31. The van der Waals surface area contributed by atoms with E-state index in [-0.39, 0.29) is 5.97 Å². The van der Waals surface area contributed by atoms with Crippen molar-refractivity contribution < 1.29 is 9.53 Å². The van der Waals surface area contributed by atoms with E-state index in [1.165, 1.54) is 0 Å². The predicted octanol–water partition coefficient (Wildman–Crippen LogP) is 1.75. The maximum Gasteiger partial charge on any atom is 0.338 e. The van der Waals surface area contributed by atoms with Gasteiger partial charge in [0.15, 0.2) is 0 Å². The molecule has 2 rings (SSSR count). The lowest BCUT2D eigenvalue weighted by Crippen LogP contribution is -2.44. The molecule has 21 heavy (non-hydrogen) atoms. The van der Waals surface area contributed by atoms with Crippen LogP contribution >= 0.6 is 15.9 Å². The molecule has 4 N–H and O–H groups in total. The van der Waals surface area contributed by atoms with Gasteiger partial charge in [0.25, 0.3) is 0 Å². The number of guanidine groups is 1. The predicted molar refractivity (Wildman–Crippen MR) is 84.1 cm³/mol. The second kappa shape index (κ2) is 6.73. The first-order valence-corrected chi connectivity index (χ1v) is 7.31. The summed E-state index contributed by atoms with van der Waals surface area (Å²) in [4.78, 5) is 16.6. The Labute approximate surface area is 131 Å². The number of halogens is 1. The van der Waals surface area contributed by atoms with Crippen molar-refractivity contribution in [2.75, 3.05) is 6.61 Å². The normalized spacial score (nSPS) is 17.9. The van der Waals surface area contributed by atoms with Crippen molar-refractivity contribution in [1.29, 1.82) is 0 Å². The van der Waals surface area contributed by atoms with E-state index >= 15 is 0 Å². The van der Waals surface area contributed by atoms with E-state index in [1.807, 2.05) is 24.3 Å². The van der Waals surface area contributed by atoms with Crippen LogP contribution in [0.5, 0.6) is 0 Å². The van der Waals surface area contributed by atoms with Crippen molar-refractivity contribution in [3.63, 3.8) is 0 Å². The van der Waals surface area contributed by atoms with Crippen LogP contribution in [-0.4, -0.2) is 18.5 Å². The van der Waals surface area contributed by atoms with Gasteiger partial charge in [-0.2, -0.15) is 0 Å². The third kappa shape index (κ3) is 3.43. The van der Waals surface area contributed by atoms with Crippen LogP contribution < -0.4 is 16.6 Å². The molecule has 1 atom stereocenters. The van der Waals surface area contributed by atoms with Crippen LogP contribution in [0.2, 0.25) is 0 Å². The SMILES string of the molecule is CCOC(=O)C1=C(C)NC(NN)=N[C@H]1c1ccc(Br)cc1. The molecule has 112 valence electrons. The van der Waals surface area contributed by atoms with Crippen molar-refractivity contribution in [2.24, 2.45) is 10.8 Å². The molecule has 1 aromatic rings. The summed E-state index contributed by atoms with van der Waals surface area (Å²) in [6.45, 7) is 3.88. The molecule has 0 saturated heterocycles. The van der Waals surface area contributed by atoms with Gasteiger partial charge in [0.1, 0.15) is 6.04 Å². The van der Waals surface area contributed by atoms with Gasteiger partial charge in [-0.1, -0.05) is 28.1 Å². The average Bonchev–Trinajstić information content (AvgIpc) is 2.47. The fraction of sp³-hybridized carbons (Fsp3) is 0.286. The topological polar surface area (TPSA) is 88.7 Å². The van der Waals surface area contributed by atoms with Gasteiger partial charge in [0.05, 0.1) is 12.2 Å². The lowest BCUT2D eigenvalue weighted by atomic mass is 9.96. The van der Waals surface area contributed by atoms with Gasteiger partial charge in [0, 0.05) is 10.2 Å². The zero-order valence-electron chi connectivity index (χ0n) is 11.8. The summed E-state index contributed by atoms with van der Waals surface area (Å²) in [5, 5.41) is 2.95. The molecule has 0 bridgehead atoms. The largest absolute Gasteiger partial charge is 0.463 e. The maximum atomic E-state index is 12.2. The Morgan fingerprint density at radius 1 is 1.48 bits per heavy atom. The zero-order chi connectivity index (χ0) is 15.4. The first-order chi connectivity index (χ1) is 10.1. The van der Waals surface area contributed by atoms with Gasteiger partial charge < -0.3 is 10.1 Å². The molecule has 0 spiro atoms. The van der Waals surface area contributed by atoms with Crippen LogP contribution in [-0.2, 0) is 9.53 Å². The highest BCUT2D eigenvalue weighted by Gasteiger charge is 2.30. The van der Waals surface area contributed by atoms with Crippen LogP contribution in [0.15, 0.2) is 45.0 Å². The van der Waals surface area contributed by atoms with Gasteiger partial charge in [-0.15, -0.1) is 0 Å². The van der Waals surface area contributed by atoms with Gasteiger partial charge >= 0.3 is 5.97 Å². The number of esters is 1. The Kier molecular flexibility index (Phi) is 4.98. The Bertz CT molecular complexity index is 595. The molecule has 1 aliphatic heterocycles. The lowest BCUT2D eigenvalue weighted by molar-refractivity contribution is -0.138. The molecule has 0 aromatic heterocycles. The Morgan fingerprint density at radius 2 is 2.14 bits per heavy atom. The standard InChI is InChI=1S/C14H17BrN4O2/c1-3-21-13(20)11-8(2)17-14(19-16)18-12(11)9-4-6-10(15)7-5-9/h4-7,12H,3,16H2,1-2H3,(H2,17,18,19)/t12-/m0/s1. The smallest absolute Gasteiger partial charge is 0.338 e. The summed E-state index contributed by atoms with van der Waals surface area (Å²) in [5.74, 6) is 5.45. The van der Waals surface area contributed by atoms with Crippen molar-refractivity contribution in [3.8, 4) is 0 Å². The molecule has 1 heterocycles. The minimum absolute atomic E-state index is 0.314. The van der Waals surface area contributed by atoms with Crippen LogP contribution in [0.4, 0.5) is 0 Å². The molecule has 1 aliphatic rings. The molecule has 1 aromatic carbocycles. The summed E-state index contributed by atoms with van der Waals surface area (Å²) in [6, 6.07) is 7.17. The Hall–Kier alpha value is -1.86. The molecule has 0 saturated carbocycles. The first-order valence-electron chi connectivity index (χ1n) is 6.51. The van der Waals surface area contributed by atoms with E-state index in [1.54, 1.807) is 13.8 Å². The Morgan fingerprint density at radius 3 is 2.71 bits per heavy atom. The monoisotopic (exact) mass is 352 g/mol. The highest BCUT2D eigenvalue weighted by atomic mass is 79.9. The fourth-order valence-corrected chi connectivity index (χ4v) is 2.37. The molecular formula is C14H17BrN4O2. The number of ether oxygens (including phenoxy) is 1. The summed E-state index contributed by atoms with van der Waals surface area (Å²) in [6.07, 6.45) is 0. The maximum absolute atomic E-state index is 12.2. The fourth-order valence-electron chi connectivity index (χ4n) is 2.11. The number of nitrogens with one attached hydrogen (secondary N) is 2. The number of carbonyl (C=O) groups is 1. The molecule has 0 aliphatic carbocycles. The molecule has 0 fully saturated rings. The molecule has 6 nitrogen and oxygen atoms in total. The van der Waals surface area contributed by atoms with Crippen LogP contribution in [0.1, 0.15) is 25.5 Å². The number of hydrogen-bond acceptors (Lipinski definition) is 6. The van der Waals surface area contributed by atoms with E-state index in [0.29, 0.717) is 23.8 Å². The number of hydrogen-bond donors (Lipinski definition) is 3. The van der Waals surface area contributed by atoms with Crippen LogP contribution in [0, 0.1) is 0 Å². The summed E-state index contributed by atoms with van der Waals surface area (Å²) < 4.78 is 6.09. The minimum Gasteiger partial charge on any atom is -0.463 e. The molecule has 7 heteroatoms. The van der Waals surface area contributed by atoms with Gasteiger partial charge in [-0.05, 0) is 31.5 Å². The number of allylic oxidation sites excluding steroid dienone is 1. The summed E-state index contributed by atoms with van der Waals surface area (Å²) in [5.41, 5.74) is 4.52. The molecule has 0 radical (unpaired) electrons. The number of rotatable bonds is 3. The number of carbonyl (C=O) groups excluding carboxylic acids is 1. The molecule has 0 amide bonds. The number of benzene rings is 1. The first kappa shape index (κ1) is 15.5. The van der Waals surface area contributed by atoms with Crippen molar-refractivity contribution in [2.45, 2.75) is 19.9 Å². The quantitative estimate of drug-likeness (QED) is 0.438. The average molecular weight is 353 g/mol. The van der Waals surface area contributed by atoms with Gasteiger partial charge in [-0.3, -0.25) is 5.43 Å². The van der Waals surface area contributed by atoms with E-state index < -0.39 is 6.04 Å². The third-order valence-electron chi connectivity index (χ3n) is 3.06. The summed E-state index contributed by atoms with van der Waals surface area (Å²) in [7, 11) is 0. The lowest BCUT2D eigenvalue weighted by Gasteiger charge is -2.25. The summed E-state index contributed by atoms with van der Waals surface area (Å²) >= 11 is 3.39. The van der Waals surface area contributed by atoms with Crippen molar-refractivity contribution in [3.05, 3.63) is 45.6 Å². The van der Waals surface area contributed by atoms with E-state index in [4.69, 9.17) is 10.6 Å². The third-order valence-corrected chi connectivity index (χ3v) is 3.59. The van der Waals surface area contributed by atoms with Crippen molar-refractivity contribution in [1.82, 2.24) is 10.7 Å². The van der Waals surface area contributed by atoms with Gasteiger partial charge in [-0.25, -0.2) is 15.6 Å². The van der Waals surface area contributed by atoms with Crippen LogP contribution in [0.25, 0.3) is 0 Å². The second-order valence-corrected chi connectivity index (χ2v) is 5.38. The van der Waals surface area contributed by atoms with E-state index in [0.717, 1.165) is 10.0 Å². The molecule has 0 unspecified atom stereocenters.